The molecule has 0 atom stereocenters. The van der Waals surface area contributed by atoms with E-state index >= 15 is 0 Å². The summed E-state index contributed by atoms with van der Waals surface area (Å²) in [6, 6.07) is 8.34. The molecule has 0 radical (unpaired) electrons. The van der Waals surface area contributed by atoms with Gasteiger partial charge >= 0.3 is 0 Å². The highest BCUT2D eigenvalue weighted by Gasteiger charge is 2.17. The molecule has 0 unspecified atom stereocenters. The number of nitrogen functional groups attached to an aromatic ring is 1. The molecule has 2 N–H and O–H groups in total. The number of aryl methyl sites for hydroxylation is 3. The molecule has 20 heavy (non-hydrogen) atoms. The summed E-state index contributed by atoms with van der Waals surface area (Å²) in [7, 11) is 0. The summed E-state index contributed by atoms with van der Waals surface area (Å²) in [5.41, 5.74) is 11.4. The number of imidazole rings is 1. The molecule has 0 aliphatic carbocycles. The Balaban J connectivity index is 2.16. The van der Waals surface area contributed by atoms with Gasteiger partial charge in [-0.3, -0.25) is 4.57 Å². The predicted octanol–water partition coefficient (Wildman–Crippen LogP) is 2.50. The first-order chi connectivity index (χ1) is 9.61. The minimum absolute atomic E-state index is 0.547. The van der Waals surface area contributed by atoms with Crippen LogP contribution in [0.2, 0.25) is 0 Å². The predicted molar refractivity (Wildman–Crippen MR) is 80.6 cm³/mol. The minimum atomic E-state index is 0.547. The number of nitrogens with two attached hydrogens (primary N) is 1. The Kier molecular flexibility index (Phi) is 2.97. The zero-order chi connectivity index (χ0) is 14.3. The molecule has 0 fully saturated rings. The lowest BCUT2D eigenvalue weighted by Crippen LogP contribution is -2.10. The Morgan fingerprint density at radius 1 is 1.20 bits per heavy atom. The van der Waals surface area contributed by atoms with Gasteiger partial charge in [0, 0.05) is 6.54 Å². The van der Waals surface area contributed by atoms with Gasteiger partial charge in [0.05, 0.1) is 12.2 Å². The van der Waals surface area contributed by atoms with E-state index in [0.717, 1.165) is 29.9 Å². The van der Waals surface area contributed by atoms with E-state index in [0.29, 0.717) is 5.95 Å². The molecule has 0 spiro atoms. The van der Waals surface area contributed by atoms with Crippen molar-refractivity contribution in [2.75, 3.05) is 5.73 Å². The van der Waals surface area contributed by atoms with Crippen molar-refractivity contribution in [2.24, 2.45) is 0 Å². The number of nitrogens with zero attached hydrogens (tertiary/aromatic N) is 4. The summed E-state index contributed by atoms with van der Waals surface area (Å²) < 4.78 is 4.01. The van der Waals surface area contributed by atoms with Crippen LogP contribution in [0, 0.1) is 13.8 Å². The number of fused-ring (bicyclic) bond motifs is 1. The fourth-order valence-electron chi connectivity index (χ4n) is 2.58. The number of anilines is 1. The molecule has 0 aliphatic heterocycles. The van der Waals surface area contributed by atoms with Gasteiger partial charge in [0.1, 0.15) is 5.52 Å². The lowest BCUT2D eigenvalue weighted by Gasteiger charge is -2.10. The standard InChI is InChI=1S/C15H19N5/c1-4-20-14-13(11(3)18-20)17-15(16)19(14)9-12-8-6-5-7-10(12)2/h5-8H,4,9H2,1-3H3,(H2,16,17). The van der Waals surface area contributed by atoms with Crippen LogP contribution in [0.1, 0.15) is 23.7 Å². The zero-order valence-electron chi connectivity index (χ0n) is 12.1. The molecule has 2 heterocycles. The van der Waals surface area contributed by atoms with E-state index in [2.05, 4.69) is 42.1 Å². The second-order valence-electron chi connectivity index (χ2n) is 5.06. The molecule has 2 aromatic heterocycles. The smallest absolute Gasteiger partial charge is 0.202 e. The molecule has 5 nitrogen and oxygen atoms in total. The summed E-state index contributed by atoms with van der Waals surface area (Å²) in [6.45, 7) is 7.69. The molecule has 0 amide bonds. The van der Waals surface area contributed by atoms with Gasteiger partial charge in [-0.05, 0) is 31.9 Å². The van der Waals surface area contributed by atoms with Gasteiger partial charge in [-0.25, -0.2) is 9.67 Å². The van der Waals surface area contributed by atoms with E-state index in [1.165, 1.54) is 11.1 Å². The van der Waals surface area contributed by atoms with Crippen LogP contribution in [-0.4, -0.2) is 19.3 Å². The number of benzene rings is 1. The fourth-order valence-corrected chi connectivity index (χ4v) is 2.58. The quantitative estimate of drug-likeness (QED) is 0.794. The van der Waals surface area contributed by atoms with Crippen LogP contribution < -0.4 is 5.73 Å². The maximum Gasteiger partial charge on any atom is 0.202 e. The molecule has 104 valence electrons. The van der Waals surface area contributed by atoms with Crippen molar-refractivity contribution in [2.45, 2.75) is 33.9 Å². The molecular weight excluding hydrogens is 250 g/mol. The average Bonchev–Trinajstić information content (AvgIpc) is 2.91. The van der Waals surface area contributed by atoms with Gasteiger partial charge in [-0.1, -0.05) is 24.3 Å². The van der Waals surface area contributed by atoms with Crippen LogP contribution in [0.4, 0.5) is 5.95 Å². The molecule has 1 aromatic carbocycles. The van der Waals surface area contributed by atoms with Crippen LogP contribution in [0.5, 0.6) is 0 Å². The van der Waals surface area contributed by atoms with Crippen LogP contribution in [-0.2, 0) is 13.1 Å². The largest absolute Gasteiger partial charge is 0.369 e. The molecule has 5 heteroatoms. The van der Waals surface area contributed by atoms with Crippen molar-refractivity contribution in [1.29, 1.82) is 0 Å². The van der Waals surface area contributed by atoms with Gasteiger partial charge in [0.15, 0.2) is 5.65 Å². The van der Waals surface area contributed by atoms with Gasteiger partial charge in [-0.2, -0.15) is 5.10 Å². The van der Waals surface area contributed by atoms with E-state index < -0.39 is 0 Å². The van der Waals surface area contributed by atoms with Crippen LogP contribution >= 0.6 is 0 Å². The number of rotatable bonds is 3. The Morgan fingerprint density at radius 3 is 2.65 bits per heavy atom. The van der Waals surface area contributed by atoms with Crippen molar-refractivity contribution >= 4 is 17.1 Å². The highest BCUT2D eigenvalue weighted by Crippen LogP contribution is 2.23. The highest BCUT2D eigenvalue weighted by molar-refractivity contribution is 5.77. The summed E-state index contributed by atoms with van der Waals surface area (Å²) in [5, 5.41) is 4.51. The number of aromatic nitrogens is 4. The van der Waals surface area contributed by atoms with Crippen molar-refractivity contribution < 1.29 is 0 Å². The minimum Gasteiger partial charge on any atom is -0.369 e. The second kappa shape index (κ2) is 4.67. The third-order valence-corrected chi connectivity index (χ3v) is 3.72. The van der Waals surface area contributed by atoms with Crippen LogP contribution in [0.15, 0.2) is 24.3 Å². The summed E-state index contributed by atoms with van der Waals surface area (Å²) in [6.07, 6.45) is 0. The van der Waals surface area contributed by atoms with Gasteiger partial charge in [0.25, 0.3) is 0 Å². The van der Waals surface area contributed by atoms with Gasteiger partial charge < -0.3 is 5.73 Å². The lowest BCUT2D eigenvalue weighted by atomic mass is 10.1. The summed E-state index contributed by atoms with van der Waals surface area (Å²) >= 11 is 0. The zero-order valence-corrected chi connectivity index (χ0v) is 12.1. The molecule has 0 bridgehead atoms. The Labute approximate surface area is 118 Å². The van der Waals surface area contributed by atoms with Crippen molar-refractivity contribution in [3.8, 4) is 0 Å². The molecule has 3 rings (SSSR count). The molecule has 0 saturated carbocycles. The van der Waals surface area contributed by atoms with Gasteiger partial charge in [0.2, 0.25) is 5.95 Å². The summed E-state index contributed by atoms with van der Waals surface area (Å²) in [5.74, 6) is 0.547. The van der Waals surface area contributed by atoms with Crippen molar-refractivity contribution in [3.63, 3.8) is 0 Å². The highest BCUT2D eigenvalue weighted by atomic mass is 15.4. The fraction of sp³-hybridized carbons (Fsp3) is 0.333. The maximum absolute atomic E-state index is 6.10. The van der Waals surface area contributed by atoms with Gasteiger partial charge in [-0.15, -0.1) is 0 Å². The van der Waals surface area contributed by atoms with E-state index in [9.17, 15) is 0 Å². The average molecular weight is 269 g/mol. The maximum atomic E-state index is 6.10. The second-order valence-corrected chi connectivity index (χ2v) is 5.06. The molecule has 0 saturated heterocycles. The van der Waals surface area contributed by atoms with Crippen molar-refractivity contribution in [3.05, 3.63) is 41.1 Å². The number of hydrogen-bond donors (Lipinski definition) is 1. The van der Waals surface area contributed by atoms with E-state index in [-0.39, 0.29) is 0 Å². The third kappa shape index (κ3) is 1.86. The molecule has 3 aromatic rings. The third-order valence-electron chi connectivity index (χ3n) is 3.72. The summed E-state index contributed by atoms with van der Waals surface area (Å²) in [4.78, 5) is 4.46. The van der Waals surface area contributed by atoms with Crippen LogP contribution in [0.25, 0.3) is 11.2 Å². The first kappa shape index (κ1) is 12.7. The Hall–Kier alpha value is -2.30. The monoisotopic (exact) mass is 269 g/mol. The van der Waals surface area contributed by atoms with Crippen LogP contribution in [0.3, 0.4) is 0 Å². The first-order valence-corrected chi connectivity index (χ1v) is 6.85. The molecular formula is C15H19N5. The molecule has 0 aliphatic rings. The SMILES string of the molecule is CCn1nc(C)c2nc(N)n(Cc3ccccc3C)c21. The van der Waals surface area contributed by atoms with E-state index in [1.807, 2.05) is 22.2 Å². The van der Waals surface area contributed by atoms with E-state index in [4.69, 9.17) is 5.73 Å². The lowest BCUT2D eigenvalue weighted by molar-refractivity contribution is 0.647. The van der Waals surface area contributed by atoms with E-state index in [1.54, 1.807) is 0 Å². The Morgan fingerprint density at radius 2 is 1.95 bits per heavy atom. The Bertz CT molecular complexity index is 766. The normalized spacial score (nSPS) is 11.3. The number of hydrogen-bond acceptors (Lipinski definition) is 3. The first-order valence-electron chi connectivity index (χ1n) is 6.85. The van der Waals surface area contributed by atoms with Crippen molar-refractivity contribution in [1.82, 2.24) is 19.3 Å². The topological polar surface area (TPSA) is 61.7 Å².